The normalized spacial score (nSPS) is 10.7. The van der Waals surface area contributed by atoms with E-state index < -0.39 is 0 Å². The van der Waals surface area contributed by atoms with Gasteiger partial charge >= 0.3 is 0 Å². The van der Waals surface area contributed by atoms with Crippen LogP contribution < -0.4 is 25.0 Å². The van der Waals surface area contributed by atoms with E-state index in [9.17, 15) is 9.59 Å². The summed E-state index contributed by atoms with van der Waals surface area (Å²) in [5.41, 5.74) is 2.71. The maximum Gasteiger partial charge on any atom is 0.262 e. The Morgan fingerprint density at radius 3 is 2.29 bits per heavy atom. The first-order chi connectivity index (χ1) is 18.6. The van der Waals surface area contributed by atoms with E-state index in [1.165, 1.54) is 6.26 Å². The van der Waals surface area contributed by atoms with Crippen molar-refractivity contribution in [3.63, 3.8) is 0 Å². The average Bonchev–Trinajstić information content (AvgIpc) is 2.95. The quantitative estimate of drug-likeness (QED) is 0.240. The molecule has 5 rings (SSSR count). The Morgan fingerprint density at radius 2 is 1.50 bits per heavy atom. The van der Waals surface area contributed by atoms with E-state index in [0.29, 0.717) is 40.5 Å². The van der Waals surface area contributed by atoms with E-state index in [-0.39, 0.29) is 23.7 Å². The molecule has 0 fully saturated rings. The molecule has 1 N–H and O–H groups in total. The first-order valence-electron chi connectivity index (χ1n) is 12.1. The van der Waals surface area contributed by atoms with Crippen LogP contribution in [-0.2, 0) is 4.79 Å². The molecular formula is C31H25NO6. The summed E-state index contributed by atoms with van der Waals surface area (Å²) < 4.78 is 22.6. The number of carbonyl (C=O) groups is 1. The number of amides is 1. The summed E-state index contributed by atoms with van der Waals surface area (Å²) in [5, 5.41) is 3.12. The second-order valence-electron chi connectivity index (χ2n) is 8.35. The zero-order chi connectivity index (χ0) is 26.3. The molecule has 0 bridgehead atoms. The maximum atomic E-state index is 13.0. The number of ether oxygens (including phenoxy) is 3. The van der Waals surface area contributed by atoms with Crippen LogP contribution in [0.1, 0.15) is 6.92 Å². The lowest BCUT2D eigenvalue weighted by atomic mass is 10.1. The molecule has 0 saturated heterocycles. The van der Waals surface area contributed by atoms with Crippen molar-refractivity contribution in [2.24, 2.45) is 0 Å². The molecule has 4 aromatic carbocycles. The third-order valence-electron chi connectivity index (χ3n) is 5.73. The molecule has 0 aliphatic heterocycles. The number of nitrogens with one attached hydrogen (secondary N) is 1. The fraction of sp³-hybridized carbons (Fsp3) is 0.0968. The van der Waals surface area contributed by atoms with Crippen molar-refractivity contribution < 1.29 is 23.4 Å². The van der Waals surface area contributed by atoms with Gasteiger partial charge in [-0.15, -0.1) is 0 Å². The monoisotopic (exact) mass is 507 g/mol. The van der Waals surface area contributed by atoms with Gasteiger partial charge in [0.2, 0.25) is 11.2 Å². The topological polar surface area (TPSA) is 87.0 Å². The lowest BCUT2D eigenvalue weighted by Crippen LogP contribution is -2.20. The number of fused-ring (bicyclic) bond motifs is 1. The molecule has 0 saturated carbocycles. The third kappa shape index (κ3) is 5.68. The lowest BCUT2D eigenvalue weighted by molar-refractivity contribution is -0.118. The van der Waals surface area contributed by atoms with Crippen molar-refractivity contribution in [2.75, 3.05) is 18.5 Å². The van der Waals surface area contributed by atoms with Gasteiger partial charge in [-0.2, -0.15) is 0 Å². The maximum absolute atomic E-state index is 13.0. The Morgan fingerprint density at radius 1 is 0.789 bits per heavy atom. The molecule has 0 spiro atoms. The van der Waals surface area contributed by atoms with Gasteiger partial charge in [-0.1, -0.05) is 54.6 Å². The number of para-hydroxylation sites is 2. The second kappa shape index (κ2) is 11.3. The summed E-state index contributed by atoms with van der Waals surface area (Å²) in [6.45, 7) is 2.13. The molecule has 0 aliphatic carbocycles. The van der Waals surface area contributed by atoms with Gasteiger partial charge in [-0.25, -0.2) is 0 Å². The molecule has 0 radical (unpaired) electrons. The molecule has 0 aliphatic rings. The van der Waals surface area contributed by atoms with Crippen molar-refractivity contribution in [1.29, 1.82) is 0 Å². The number of carbonyl (C=O) groups excluding carboxylic acids is 1. The van der Waals surface area contributed by atoms with Crippen LogP contribution >= 0.6 is 0 Å². The summed E-state index contributed by atoms with van der Waals surface area (Å²) in [7, 11) is 0. The smallest absolute Gasteiger partial charge is 0.262 e. The highest BCUT2D eigenvalue weighted by Gasteiger charge is 2.12. The molecule has 0 atom stereocenters. The number of benzene rings is 4. The van der Waals surface area contributed by atoms with Crippen molar-refractivity contribution >= 4 is 22.6 Å². The van der Waals surface area contributed by atoms with Gasteiger partial charge in [-0.3, -0.25) is 9.59 Å². The summed E-state index contributed by atoms with van der Waals surface area (Å²) >= 11 is 0. The van der Waals surface area contributed by atoms with Gasteiger partial charge in [0.15, 0.2) is 6.61 Å². The van der Waals surface area contributed by atoms with Gasteiger partial charge in [0, 0.05) is 6.07 Å². The van der Waals surface area contributed by atoms with Gasteiger partial charge in [0.25, 0.3) is 5.91 Å². The van der Waals surface area contributed by atoms with Crippen molar-refractivity contribution in [3.8, 4) is 34.1 Å². The molecule has 5 aromatic rings. The Hall–Kier alpha value is -5.04. The molecule has 1 aromatic heterocycles. The molecule has 38 heavy (non-hydrogen) atoms. The van der Waals surface area contributed by atoms with E-state index in [2.05, 4.69) is 5.32 Å². The summed E-state index contributed by atoms with van der Waals surface area (Å²) in [4.78, 5) is 25.4. The summed E-state index contributed by atoms with van der Waals surface area (Å²) in [5.74, 6) is 1.22. The SMILES string of the molecule is CCOc1ccccc1NC(=O)COc1ccc2c(=O)c(Oc3ccc(-c4ccccc4)cc3)coc2c1. The van der Waals surface area contributed by atoms with Gasteiger partial charge in [0.05, 0.1) is 17.7 Å². The van der Waals surface area contributed by atoms with Crippen LogP contribution in [0.15, 0.2) is 113 Å². The Kier molecular flexibility index (Phi) is 7.36. The molecule has 7 heteroatoms. The predicted octanol–water partition coefficient (Wildman–Crippen LogP) is 6.67. The predicted molar refractivity (Wildman–Crippen MR) is 146 cm³/mol. The zero-order valence-corrected chi connectivity index (χ0v) is 20.7. The molecule has 7 nitrogen and oxygen atoms in total. The number of hydrogen-bond donors (Lipinski definition) is 1. The summed E-state index contributed by atoms with van der Waals surface area (Å²) in [6.07, 6.45) is 1.27. The third-order valence-corrected chi connectivity index (χ3v) is 5.73. The molecule has 1 heterocycles. The Balaban J connectivity index is 1.24. The van der Waals surface area contributed by atoms with Crippen molar-refractivity contribution in [1.82, 2.24) is 0 Å². The van der Waals surface area contributed by atoms with Crippen LogP contribution in [0.2, 0.25) is 0 Å². The van der Waals surface area contributed by atoms with E-state index in [4.69, 9.17) is 18.6 Å². The van der Waals surface area contributed by atoms with Gasteiger partial charge in [0.1, 0.15) is 29.1 Å². The molecular weight excluding hydrogens is 482 g/mol. The van der Waals surface area contributed by atoms with Crippen LogP contribution in [-0.4, -0.2) is 19.1 Å². The van der Waals surface area contributed by atoms with E-state index >= 15 is 0 Å². The van der Waals surface area contributed by atoms with Crippen LogP contribution in [0.4, 0.5) is 5.69 Å². The van der Waals surface area contributed by atoms with E-state index in [0.717, 1.165) is 11.1 Å². The number of rotatable bonds is 9. The highest BCUT2D eigenvalue weighted by atomic mass is 16.5. The number of anilines is 1. The highest BCUT2D eigenvalue weighted by molar-refractivity contribution is 5.93. The van der Waals surface area contributed by atoms with E-state index in [1.54, 1.807) is 42.5 Å². The first kappa shape index (κ1) is 24.6. The first-order valence-corrected chi connectivity index (χ1v) is 12.1. The van der Waals surface area contributed by atoms with E-state index in [1.807, 2.05) is 61.5 Å². The standard InChI is InChI=1S/C31H25NO6/c1-2-35-27-11-7-6-10-26(27)32-30(33)20-36-24-16-17-25-28(18-24)37-19-29(31(25)34)38-23-14-12-22(13-15-23)21-8-4-3-5-9-21/h3-19H,2,20H2,1H3,(H,32,33). The van der Waals surface area contributed by atoms with Crippen LogP contribution in [0.5, 0.6) is 23.0 Å². The minimum Gasteiger partial charge on any atom is -0.492 e. The largest absolute Gasteiger partial charge is 0.492 e. The Bertz CT molecular complexity index is 1610. The van der Waals surface area contributed by atoms with Crippen LogP contribution in [0, 0.1) is 0 Å². The average molecular weight is 508 g/mol. The van der Waals surface area contributed by atoms with Crippen molar-refractivity contribution in [2.45, 2.75) is 6.92 Å². The molecule has 0 unspecified atom stereocenters. The zero-order valence-electron chi connectivity index (χ0n) is 20.7. The van der Waals surface area contributed by atoms with Crippen LogP contribution in [0.3, 0.4) is 0 Å². The minimum absolute atomic E-state index is 0.0750. The second-order valence-corrected chi connectivity index (χ2v) is 8.35. The molecule has 1 amide bonds. The Labute approximate surface area is 219 Å². The molecule has 190 valence electrons. The lowest BCUT2D eigenvalue weighted by Gasteiger charge is -2.12. The fourth-order valence-corrected chi connectivity index (χ4v) is 3.91. The number of hydrogen-bond acceptors (Lipinski definition) is 6. The summed E-state index contributed by atoms with van der Waals surface area (Å²) in [6, 6.07) is 29.4. The van der Waals surface area contributed by atoms with Gasteiger partial charge < -0.3 is 23.9 Å². The van der Waals surface area contributed by atoms with Gasteiger partial charge in [-0.05, 0) is 54.4 Å². The minimum atomic E-state index is -0.347. The van der Waals surface area contributed by atoms with Crippen molar-refractivity contribution in [3.05, 3.63) is 114 Å². The highest BCUT2D eigenvalue weighted by Crippen LogP contribution is 2.27. The van der Waals surface area contributed by atoms with Crippen LogP contribution in [0.25, 0.3) is 22.1 Å². The fourth-order valence-electron chi connectivity index (χ4n) is 3.91.